The van der Waals surface area contributed by atoms with Crippen molar-refractivity contribution in [3.63, 3.8) is 0 Å². The van der Waals surface area contributed by atoms with Crippen LogP contribution in [0.4, 0.5) is 0 Å². The van der Waals surface area contributed by atoms with Gasteiger partial charge in [0.15, 0.2) is 0 Å². The van der Waals surface area contributed by atoms with Crippen molar-refractivity contribution < 1.29 is 34.7 Å². The van der Waals surface area contributed by atoms with E-state index in [2.05, 4.69) is 63.5 Å². The van der Waals surface area contributed by atoms with E-state index in [9.17, 15) is 5.11 Å². The van der Waals surface area contributed by atoms with Crippen LogP contribution in [-0.4, -0.2) is 59.2 Å². The topological polar surface area (TPSA) is 134 Å². The van der Waals surface area contributed by atoms with Crippen LogP contribution in [0.15, 0.2) is 164 Å². The average Bonchev–Trinajstić information content (AvgIpc) is 4.06. The van der Waals surface area contributed by atoms with Gasteiger partial charge < -0.3 is 14.6 Å². The molecule has 0 bridgehead atoms. The molecule has 0 unspecified atom stereocenters. The van der Waals surface area contributed by atoms with E-state index < -0.39 is 0 Å². The Bertz CT molecular complexity index is 3110. The van der Waals surface area contributed by atoms with Gasteiger partial charge in [-0.05, 0) is 77.7 Å². The van der Waals surface area contributed by atoms with Crippen LogP contribution >= 0.6 is 0 Å². The zero-order valence-corrected chi connectivity index (χ0v) is 37.6. The monoisotopic (exact) mass is 1010 g/mol. The van der Waals surface area contributed by atoms with Gasteiger partial charge >= 0.3 is 0 Å². The Balaban J connectivity index is 0.000000129. The number of methoxy groups -OCH3 is 2. The standard InChI is InChI=1S/2C17H13N3O.C16H17N3O.Ir/c2*1-21-17-11-10-16(12-6-2-3-7-13(12)17)20-18-14-8-4-5-9-15(14)19-20;1-16(2,3)11-8-9-15(20)14(10-11)19-17-12-6-4-5-7-13(12)18-19;/h2*2-11H,1H3;4-10,20H,1-3H3;/p-1. The van der Waals surface area contributed by atoms with E-state index in [1.807, 2.05) is 146 Å². The van der Waals surface area contributed by atoms with Crippen LogP contribution in [0.2, 0.25) is 0 Å². The molecule has 0 saturated heterocycles. The first-order valence-corrected chi connectivity index (χ1v) is 20.1. The van der Waals surface area contributed by atoms with Crippen LogP contribution in [0.5, 0.6) is 17.2 Å². The van der Waals surface area contributed by atoms with Gasteiger partial charge in [-0.25, -0.2) is 0 Å². The van der Waals surface area contributed by atoms with E-state index in [0.29, 0.717) is 5.69 Å². The summed E-state index contributed by atoms with van der Waals surface area (Å²) in [5, 5.41) is 43.3. The fraction of sp³-hybridized carbons (Fsp3) is 0.120. The third-order valence-electron chi connectivity index (χ3n) is 10.5. The van der Waals surface area contributed by atoms with Crippen LogP contribution < -0.4 is 14.6 Å². The zero-order chi connectivity index (χ0) is 42.8. The van der Waals surface area contributed by atoms with E-state index >= 15 is 0 Å². The van der Waals surface area contributed by atoms with E-state index in [1.165, 1.54) is 4.80 Å². The predicted octanol–water partition coefficient (Wildman–Crippen LogP) is 9.95. The first kappa shape index (κ1) is 42.2. The number of fused-ring (bicyclic) bond motifs is 5. The molecule has 0 fully saturated rings. The molecule has 12 nitrogen and oxygen atoms in total. The largest absolute Gasteiger partial charge is 0.871 e. The number of hydrogen-bond acceptors (Lipinski definition) is 9. The van der Waals surface area contributed by atoms with Crippen LogP contribution in [0.1, 0.15) is 26.3 Å². The summed E-state index contributed by atoms with van der Waals surface area (Å²) in [6.45, 7) is 6.34. The van der Waals surface area contributed by atoms with Crippen molar-refractivity contribution >= 4 is 54.6 Å². The Kier molecular flexibility index (Phi) is 12.0. The van der Waals surface area contributed by atoms with Crippen LogP contribution in [0, 0.1) is 0 Å². The molecule has 0 atom stereocenters. The molecule has 3 heterocycles. The molecule has 0 aliphatic rings. The number of rotatable bonds is 5. The van der Waals surface area contributed by atoms with Crippen molar-refractivity contribution in [1.29, 1.82) is 0 Å². The molecular weight excluding hydrogens is 967 g/mol. The summed E-state index contributed by atoms with van der Waals surface area (Å²) in [6.07, 6.45) is 0. The Morgan fingerprint density at radius 2 is 0.714 bits per heavy atom. The van der Waals surface area contributed by atoms with Gasteiger partial charge in [-0.2, -0.15) is 4.80 Å². The minimum Gasteiger partial charge on any atom is -0.871 e. The first-order chi connectivity index (χ1) is 30.2. The Morgan fingerprint density at radius 3 is 1.05 bits per heavy atom. The third-order valence-corrected chi connectivity index (χ3v) is 10.5. The van der Waals surface area contributed by atoms with Crippen LogP contribution in [0.3, 0.4) is 0 Å². The molecule has 13 heteroatoms. The van der Waals surface area contributed by atoms with Gasteiger partial charge in [0, 0.05) is 41.7 Å². The second kappa shape index (κ2) is 17.9. The second-order valence-corrected chi connectivity index (χ2v) is 15.5. The van der Waals surface area contributed by atoms with Gasteiger partial charge in [-0.15, -0.1) is 40.2 Å². The summed E-state index contributed by atoms with van der Waals surface area (Å²) in [5.41, 5.74) is 8.58. The fourth-order valence-electron chi connectivity index (χ4n) is 7.26. The van der Waals surface area contributed by atoms with Gasteiger partial charge in [-0.1, -0.05) is 124 Å². The predicted molar refractivity (Wildman–Crippen MR) is 243 cm³/mol. The molecule has 315 valence electrons. The molecule has 11 rings (SSSR count). The Hall–Kier alpha value is -7.47. The minimum atomic E-state index is -0.0710. The molecule has 0 spiro atoms. The minimum absolute atomic E-state index is 0. The smallest absolute Gasteiger partial charge is 0.126 e. The van der Waals surface area contributed by atoms with E-state index in [4.69, 9.17) is 9.47 Å². The van der Waals surface area contributed by atoms with E-state index in [0.717, 1.165) is 83.1 Å². The molecule has 63 heavy (non-hydrogen) atoms. The van der Waals surface area contributed by atoms with E-state index in [1.54, 1.807) is 29.9 Å². The Morgan fingerprint density at radius 1 is 0.397 bits per heavy atom. The molecule has 8 aromatic carbocycles. The summed E-state index contributed by atoms with van der Waals surface area (Å²) >= 11 is 0. The van der Waals surface area contributed by atoms with E-state index in [-0.39, 0.29) is 31.3 Å². The molecule has 0 amide bonds. The third kappa shape index (κ3) is 8.57. The number of benzene rings is 8. The molecule has 0 saturated carbocycles. The summed E-state index contributed by atoms with van der Waals surface area (Å²) in [6, 6.07) is 52.7. The maximum absolute atomic E-state index is 12.1. The van der Waals surface area contributed by atoms with Crippen molar-refractivity contribution in [2.75, 3.05) is 14.2 Å². The zero-order valence-electron chi connectivity index (χ0n) is 35.2. The van der Waals surface area contributed by atoms with Crippen molar-refractivity contribution in [2.45, 2.75) is 26.2 Å². The SMILES string of the molecule is CC(C)(C)c1ccc([O-])c(-n2nc3ccccc3n2)c1.COc1ccc(-n2nc3ccccc3n2)c2ccccc12.COc1ccc(-n2nc3ccccc3n2)c2ccccc12.[Ir]. The number of nitrogens with zero attached hydrogens (tertiary/aromatic N) is 9. The summed E-state index contributed by atoms with van der Waals surface area (Å²) in [5.74, 6) is 1.63. The Labute approximate surface area is 376 Å². The molecule has 0 aliphatic heterocycles. The molecule has 1 radical (unpaired) electrons. The van der Waals surface area contributed by atoms with Gasteiger partial charge in [0.1, 0.15) is 44.6 Å². The van der Waals surface area contributed by atoms with Crippen molar-refractivity contribution in [1.82, 2.24) is 45.0 Å². The maximum atomic E-state index is 12.1. The maximum Gasteiger partial charge on any atom is 0.126 e. The molecule has 0 N–H and O–H groups in total. The van der Waals surface area contributed by atoms with Gasteiger partial charge in [0.05, 0.1) is 31.3 Å². The van der Waals surface area contributed by atoms with Crippen molar-refractivity contribution in [3.8, 4) is 34.3 Å². The quantitative estimate of drug-likeness (QED) is 0.165. The number of aromatic nitrogens is 9. The summed E-state index contributed by atoms with van der Waals surface area (Å²) in [4.78, 5) is 4.81. The normalized spacial score (nSPS) is 11.2. The van der Waals surface area contributed by atoms with Crippen LogP contribution in [-0.2, 0) is 25.5 Å². The van der Waals surface area contributed by atoms with Gasteiger partial charge in [0.25, 0.3) is 0 Å². The second-order valence-electron chi connectivity index (χ2n) is 15.5. The number of hydrogen-bond donors (Lipinski definition) is 0. The number of ether oxygens (including phenoxy) is 2. The molecule has 3 aromatic heterocycles. The summed E-state index contributed by atoms with van der Waals surface area (Å²) in [7, 11) is 3.36. The molecule has 11 aromatic rings. The first-order valence-electron chi connectivity index (χ1n) is 20.1. The fourth-order valence-corrected chi connectivity index (χ4v) is 7.26. The van der Waals surface area contributed by atoms with Gasteiger partial charge in [0.2, 0.25) is 0 Å². The summed E-state index contributed by atoms with van der Waals surface area (Å²) < 4.78 is 10.9. The van der Waals surface area contributed by atoms with Gasteiger partial charge in [-0.3, -0.25) is 0 Å². The van der Waals surface area contributed by atoms with Crippen LogP contribution in [0.25, 0.3) is 71.7 Å². The molecular formula is C50H42IrN9O3-. The molecule has 0 aliphatic carbocycles. The van der Waals surface area contributed by atoms with Crippen molar-refractivity contribution in [3.05, 3.63) is 169 Å². The van der Waals surface area contributed by atoms with Crippen molar-refractivity contribution in [2.24, 2.45) is 0 Å². The average molecular weight is 1010 g/mol.